The van der Waals surface area contributed by atoms with Gasteiger partial charge < -0.3 is 19.2 Å². The number of aryl methyl sites for hydroxylation is 1. The lowest BCUT2D eigenvalue weighted by atomic mass is 10.0. The molecular formula is C24H28N4O4. The Hall–Kier alpha value is -3.42. The Kier molecular flexibility index (Phi) is 6.68. The lowest BCUT2D eigenvalue weighted by molar-refractivity contribution is -0.122. The summed E-state index contributed by atoms with van der Waals surface area (Å²) in [4.78, 5) is 30.9. The summed E-state index contributed by atoms with van der Waals surface area (Å²) < 4.78 is 10.5. The number of hydrogen-bond acceptors (Lipinski definition) is 6. The van der Waals surface area contributed by atoms with E-state index in [1.165, 1.54) is 11.8 Å². The second-order valence-electron chi connectivity index (χ2n) is 8.40. The third-order valence-electron chi connectivity index (χ3n) is 5.75. The summed E-state index contributed by atoms with van der Waals surface area (Å²) >= 11 is 0. The first-order valence-electron chi connectivity index (χ1n) is 11.0. The number of furan rings is 1. The fourth-order valence-corrected chi connectivity index (χ4v) is 3.79. The molecule has 0 saturated carbocycles. The molecule has 168 valence electrons. The number of carbonyl (C=O) groups is 2. The minimum atomic E-state index is -0.106. The summed E-state index contributed by atoms with van der Waals surface area (Å²) in [6.07, 6.45) is 3.59. The van der Waals surface area contributed by atoms with E-state index in [9.17, 15) is 9.59 Å². The molecule has 3 heterocycles. The Morgan fingerprint density at radius 1 is 1.16 bits per heavy atom. The second-order valence-corrected chi connectivity index (χ2v) is 8.40. The van der Waals surface area contributed by atoms with Gasteiger partial charge in [-0.3, -0.25) is 9.59 Å². The van der Waals surface area contributed by atoms with Gasteiger partial charge in [0.15, 0.2) is 5.76 Å². The summed E-state index contributed by atoms with van der Waals surface area (Å²) in [7, 11) is 0. The largest absolute Gasteiger partial charge is 0.459 e. The fourth-order valence-electron chi connectivity index (χ4n) is 3.79. The molecule has 1 fully saturated rings. The van der Waals surface area contributed by atoms with Crippen molar-refractivity contribution in [2.45, 2.75) is 51.5 Å². The predicted octanol–water partition coefficient (Wildman–Crippen LogP) is 3.81. The summed E-state index contributed by atoms with van der Waals surface area (Å²) in [5.74, 6) is 1.63. The van der Waals surface area contributed by atoms with Crippen LogP contribution in [0.1, 0.15) is 61.0 Å². The minimum Gasteiger partial charge on any atom is -0.459 e. The van der Waals surface area contributed by atoms with E-state index in [-0.39, 0.29) is 24.3 Å². The van der Waals surface area contributed by atoms with Gasteiger partial charge in [-0.2, -0.15) is 4.98 Å². The zero-order valence-electron chi connectivity index (χ0n) is 18.4. The van der Waals surface area contributed by atoms with Crippen LogP contribution in [0.5, 0.6) is 0 Å². The Morgan fingerprint density at radius 2 is 1.91 bits per heavy atom. The average molecular weight is 437 g/mol. The van der Waals surface area contributed by atoms with Crippen molar-refractivity contribution in [2.75, 3.05) is 13.1 Å². The van der Waals surface area contributed by atoms with Crippen molar-refractivity contribution in [2.24, 2.45) is 0 Å². The van der Waals surface area contributed by atoms with Gasteiger partial charge in [0.2, 0.25) is 17.6 Å². The highest BCUT2D eigenvalue weighted by Crippen LogP contribution is 2.21. The smallest absolute Gasteiger partial charge is 0.289 e. The van der Waals surface area contributed by atoms with Gasteiger partial charge in [-0.05, 0) is 36.5 Å². The molecule has 1 N–H and O–H groups in total. The number of nitrogens with zero attached hydrogens (tertiary/aromatic N) is 3. The highest BCUT2D eigenvalue weighted by atomic mass is 16.5. The predicted molar refractivity (Wildman–Crippen MR) is 118 cm³/mol. The van der Waals surface area contributed by atoms with E-state index in [1.54, 1.807) is 17.0 Å². The molecule has 2 aromatic heterocycles. The first-order valence-corrected chi connectivity index (χ1v) is 11.0. The summed E-state index contributed by atoms with van der Waals surface area (Å²) in [6, 6.07) is 11.5. The van der Waals surface area contributed by atoms with Crippen LogP contribution in [0.15, 0.2) is 51.6 Å². The van der Waals surface area contributed by atoms with Crippen LogP contribution in [0.3, 0.4) is 0 Å². The molecule has 0 spiro atoms. The van der Waals surface area contributed by atoms with Crippen LogP contribution in [0.25, 0.3) is 11.4 Å². The van der Waals surface area contributed by atoms with Gasteiger partial charge in [-0.25, -0.2) is 0 Å². The van der Waals surface area contributed by atoms with E-state index in [1.807, 2.05) is 12.1 Å². The van der Waals surface area contributed by atoms with Crippen LogP contribution in [0.2, 0.25) is 0 Å². The lowest BCUT2D eigenvalue weighted by Crippen LogP contribution is -2.46. The molecule has 0 radical (unpaired) electrons. The van der Waals surface area contributed by atoms with Crippen molar-refractivity contribution in [3.05, 3.63) is 59.9 Å². The normalized spacial score (nSPS) is 14.7. The standard InChI is InChI=1S/C24H28N4O4/c1-16(2)17-5-7-18(8-6-17)23-26-22(32-27-23)10-9-21(29)25-19-11-13-28(14-12-19)24(30)20-4-3-15-31-20/h3-8,15-16,19H,9-14H2,1-2H3,(H,25,29). The third kappa shape index (κ3) is 5.25. The van der Waals surface area contributed by atoms with E-state index >= 15 is 0 Å². The van der Waals surface area contributed by atoms with Crippen LogP contribution < -0.4 is 5.32 Å². The van der Waals surface area contributed by atoms with Gasteiger partial charge in [0.1, 0.15) is 0 Å². The highest BCUT2D eigenvalue weighted by molar-refractivity contribution is 5.91. The van der Waals surface area contributed by atoms with Crippen LogP contribution in [-0.2, 0) is 11.2 Å². The number of benzene rings is 1. The summed E-state index contributed by atoms with van der Waals surface area (Å²) in [6.45, 7) is 5.48. The van der Waals surface area contributed by atoms with Crippen LogP contribution in [0, 0.1) is 0 Å². The molecule has 1 saturated heterocycles. The molecule has 3 aromatic rings. The number of aromatic nitrogens is 2. The first kappa shape index (κ1) is 21.8. The van der Waals surface area contributed by atoms with E-state index in [2.05, 4.69) is 41.4 Å². The molecule has 4 rings (SSSR count). The molecule has 0 aliphatic carbocycles. The monoisotopic (exact) mass is 436 g/mol. The number of likely N-dealkylation sites (tertiary alicyclic amines) is 1. The maximum atomic E-state index is 12.4. The molecule has 8 nitrogen and oxygen atoms in total. The van der Waals surface area contributed by atoms with E-state index in [4.69, 9.17) is 8.94 Å². The zero-order valence-corrected chi connectivity index (χ0v) is 18.4. The van der Waals surface area contributed by atoms with Crippen LogP contribution >= 0.6 is 0 Å². The third-order valence-corrected chi connectivity index (χ3v) is 5.75. The van der Waals surface area contributed by atoms with Crippen molar-refractivity contribution in [3.8, 4) is 11.4 Å². The van der Waals surface area contributed by atoms with Crippen LogP contribution in [0.4, 0.5) is 0 Å². The summed E-state index contributed by atoms with van der Waals surface area (Å²) in [5.41, 5.74) is 2.15. The Labute approximate surface area is 187 Å². The van der Waals surface area contributed by atoms with Gasteiger partial charge in [-0.15, -0.1) is 0 Å². The maximum Gasteiger partial charge on any atom is 0.289 e. The van der Waals surface area contributed by atoms with Crippen molar-refractivity contribution in [3.63, 3.8) is 0 Å². The fraction of sp³-hybridized carbons (Fsp3) is 0.417. The van der Waals surface area contributed by atoms with Gasteiger partial charge in [0.25, 0.3) is 5.91 Å². The topological polar surface area (TPSA) is 101 Å². The molecule has 2 amide bonds. The molecular weight excluding hydrogens is 408 g/mol. The molecule has 0 unspecified atom stereocenters. The zero-order chi connectivity index (χ0) is 22.5. The number of amides is 2. The second kappa shape index (κ2) is 9.80. The lowest BCUT2D eigenvalue weighted by Gasteiger charge is -2.31. The van der Waals surface area contributed by atoms with E-state index < -0.39 is 0 Å². The molecule has 32 heavy (non-hydrogen) atoms. The average Bonchev–Trinajstić information content (AvgIpc) is 3.50. The minimum absolute atomic E-state index is 0.0538. The van der Waals surface area contributed by atoms with Gasteiger partial charge >= 0.3 is 0 Å². The maximum absolute atomic E-state index is 12.4. The van der Waals surface area contributed by atoms with Crippen molar-refractivity contribution in [1.29, 1.82) is 0 Å². The molecule has 0 bridgehead atoms. The highest BCUT2D eigenvalue weighted by Gasteiger charge is 2.25. The molecule has 1 aliphatic heterocycles. The number of piperidine rings is 1. The number of hydrogen-bond donors (Lipinski definition) is 1. The number of rotatable bonds is 7. The first-order chi connectivity index (χ1) is 15.5. The quantitative estimate of drug-likeness (QED) is 0.604. The van der Waals surface area contributed by atoms with E-state index in [0.717, 1.165) is 18.4 Å². The van der Waals surface area contributed by atoms with Crippen molar-refractivity contribution >= 4 is 11.8 Å². The molecule has 8 heteroatoms. The van der Waals surface area contributed by atoms with Gasteiger partial charge in [-0.1, -0.05) is 43.3 Å². The van der Waals surface area contributed by atoms with Crippen molar-refractivity contribution in [1.82, 2.24) is 20.4 Å². The SMILES string of the molecule is CC(C)c1ccc(-c2noc(CCC(=O)NC3CCN(C(=O)c4ccco4)CC3)n2)cc1. The van der Waals surface area contributed by atoms with E-state index in [0.29, 0.717) is 42.9 Å². The Morgan fingerprint density at radius 3 is 2.56 bits per heavy atom. The number of nitrogens with one attached hydrogen (secondary N) is 1. The molecule has 1 aliphatic rings. The summed E-state index contributed by atoms with van der Waals surface area (Å²) in [5, 5.41) is 7.09. The molecule has 1 aromatic carbocycles. The number of carbonyl (C=O) groups excluding carboxylic acids is 2. The Bertz CT molecular complexity index is 1030. The van der Waals surface area contributed by atoms with Gasteiger partial charge in [0.05, 0.1) is 6.26 Å². The Balaban J connectivity index is 1.21. The molecule has 0 atom stereocenters. The van der Waals surface area contributed by atoms with Crippen LogP contribution in [-0.4, -0.2) is 46.0 Å². The van der Waals surface area contributed by atoms with Gasteiger partial charge in [0, 0.05) is 37.5 Å². The van der Waals surface area contributed by atoms with Crippen molar-refractivity contribution < 1.29 is 18.5 Å².